The molecule has 0 radical (unpaired) electrons. The van der Waals surface area contributed by atoms with Gasteiger partial charge in [-0.2, -0.15) is 0 Å². The first-order valence-corrected chi connectivity index (χ1v) is 9.53. The van der Waals surface area contributed by atoms with Gasteiger partial charge in [0.05, 0.1) is 17.9 Å². The molecule has 3 fully saturated rings. The van der Waals surface area contributed by atoms with Gasteiger partial charge in [0.1, 0.15) is 6.10 Å². The minimum Gasteiger partial charge on any atom is -0.462 e. The van der Waals surface area contributed by atoms with E-state index in [9.17, 15) is 9.59 Å². The Morgan fingerprint density at radius 2 is 1.79 bits per heavy atom. The van der Waals surface area contributed by atoms with Crippen LogP contribution >= 0.6 is 0 Å². The number of rotatable bonds is 6. The van der Waals surface area contributed by atoms with Crippen LogP contribution in [0.5, 0.6) is 0 Å². The number of hydrogen-bond acceptors (Lipinski definition) is 5. The van der Waals surface area contributed by atoms with Crippen LogP contribution in [0.1, 0.15) is 65.2 Å². The number of fused-ring (bicyclic) bond motifs is 2. The fourth-order valence-corrected chi connectivity index (χ4v) is 4.50. The topological polar surface area (TPSA) is 61.8 Å². The van der Waals surface area contributed by atoms with Crippen LogP contribution in [0.25, 0.3) is 0 Å². The SMILES string of the molecule is CC(C)C(=O)OC1CC2CC(C(=O)OCOC3CCCCC3)C1C2. The Hall–Kier alpha value is -1.10. The van der Waals surface area contributed by atoms with Gasteiger partial charge in [-0.05, 0) is 38.0 Å². The fourth-order valence-electron chi connectivity index (χ4n) is 4.50. The third kappa shape index (κ3) is 4.11. The highest BCUT2D eigenvalue weighted by Crippen LogP contribution is 2.50. The molecule has 4 unspecified atom stereocenters. The molecule has 0 heterocycles. The molecular weight excluding hydrogens is 308 g/mol. The molecule has 5 heteroatoms. The summed E-state index contributed by atoms with van der Waals surface area (Å²) >= 11 is 0. The van der Waals surface area contributed by atoms with E-state index in [2.05, 4.69) is 0 Å². The summed E-state index contributed by atoms with van der Waals surface area (Å²) in [5.41, 5.74) is 0. The average molecular weight is 338 g/mol. The second-order valence-electron chi connectivity index (χ2n) is 7.98. The van der Waals surface area contributed by atoms with Crippen LogP contribution in [0.3, 0.4) is 0 Å². The Bertz CT molecular complexity index is 455. The molecule has 3 aliphatic rings. The smallest absolute Gasteiger partial charge is 0.311 e. The zero-order valence-electron chi connectivity index (χ0n) is 14.9. The second-order valence-corrected chi connectivity index (χ2v) is 7.98. The summed E-state index contributed by atoms with van der Waals surface area (Å²) in [6.45, 7) is 3.74. The maximum Gasteiger partial charge on any atom is 0.311 e. The van der Waals surface area contributed by atoms with Crippen LogP contribution in [-0.2, 0) is 23.8 Å². The predicted octanol–water partition coefficient (Wildman–Crippen LogP) is 3.45. The average Bonchev–Trinajstić information content (AvgIpc) is 3.16. The van der Waals surface area contributed by atoms with Crippen molar-refractivity contribution in [2.45, 2.75) is 77.4 Å². The highest BCUT2D eigenvalue weighted by atomic mass is 16.7. The van der Waals surface area contributed by atoms with Crippen molar-refractivity contribution in [2.75, 3.05) is 6.79 Å². The number of carbonyl (C=O) groups excluding carboxylic acids is 2. The van der Waals surface area contributed by atoms with Gasteiger partial charge in [0, 0.05) is 5.92 Å². The van der Waals surface area contributed by atoms with Gasteiger partial charge in [-0.15, -0.1) is 0 Å². The first kappa shape index (κ1) is 17.7. The maximum atomic E-state index is 12.4. The van der Waals surface area contributed by atoms with Gasteiger partial charge in [-0.1, -0.05) is 33.1 Å². The van der Waals surface area contributed by atoms with Crippen LogP contribution in [0.15, 0.2) is 0 Å². The molecule has 0 aromatic rings. The van der Waals surface area contributed by atoms with Crippen molar-refractivity contribution in [3.05, 3.63) is 0 Å². The Morgan fingerprint density at radius 1 is 1.04 bits per heavy atom. The van der Waals surface area contributed by atoms with Crippen molar-refractivity contribution in [3.63, 3.8) is 0 Å². The standard InChI is InChI=1S/C19H30O5/c1-12(2)18(20)24-17-10-13-8-15(17)16(9-13)19(21)23-11-22-14-6-4-3-5-7-14/h12-17H,3-11H2,1-2H3. The van der Waals surface area contributed by atoms with E-state index in [4.69, 9.17) is 14.2 Å². The third-order valence-electron chi connectivity index (χ3n) is 5.85. The summed E-state index contributed by atoms with van der Waals surface area (Å²) in [5.74, 6) is 0.00245. The van der Waals surface area contributed by atoms with Crippen LogP contribution in [0.4, 0.5) is 0 Å². The molecule has 0 aromatic carbocycles. The zero-order chi connectivity index (χ0) is 17.1. The van der Waals surface area contributed by atoms with E-state index in [1.807, 2.05) is 13.8 Å². The molecule has 24 heavy (non-hydrogen) atoms. The third-order valence-corrected chi connectivity index (χ3v) is 5.85. The summed E-state index contributed by atoms with van der Waals surface area (Å²) in [4.78, 5) is 24.2. The number of carbonyl (C=O) groups is 2. The highest BCUT2D eigenvalue weighted by molar-refractivity contribution is 5.74. The van der Waals surface area contributed by atoms with E-state index in [0.29, 0.717) is 5.92 Å². The Labute approximate surface area is 144 Å². The monoisotopic (exact) mass is 338 g/mol. The second kappa shape index (κ2) is 7.85. The minimum absolute atomic E-state index is 0.0633. The van der Waals surface area contributed by atoms with Crippen molar-refractivity contribution < 1.29 is 23.8 Å². The summed E-state index contributed by atoms with van der Waals surface area (Å²) in [6.07, 6.45) is 8.68. The number of esters is 2. The fraction of sp³-hybridized carbons (Fsp3) is 0.895. The molecule has 3 rings (SSSR count). The van der Waals surface area contributed by atoms with E-state index in [-0.39, 0.29) is 48.7 Å². The molecule has 3 saturated carbocycles. The Kier molecular flexibility index (Phi) is 5.80. The van der Waals surface area contributed by atoms with Crippen molar-refractivity contribution in [1.82, 2.24) is 0 Å². The molecule has 3 aliphatic carbocycles. The normalized spacial score (nSPS) is 33.0. The van der Waals surface area contributed by atoms with Gasteiger partial charge in [0.2, 0.25) is 0 Å². The molecule has 136 valence electrons. The first-order valence-electron chi connectivity index (χ1n) is 9.53. The van der Waals surface area contributed by atoms with Gasteiger partial charge >= 0.3 is 11.9 Å². The van der Waals surface area contributed by atoms with Crippen molar-refractivity contribution in [1.29, 1.82) is 0 Å². The summed E-state index contributed by atoms with van der Waals surface area (Å²) in [6, 6.07) is 0. The van der Waals surface area contributed by atoms with E-state index in [0.717, 1.165) is 32.1 Å². The lowest BCUT2D eigenvalue weighted by atomic mass is 9.86. The van der Waals surface area contributed by atoms with E-state index in [1.165, 1.54) is 19.3 Å². The molecule has 5 nitrogen and oxygen atoms in total. The molecule has 0 aliphatic heterocycles. The van der Waals surface area contributed by atoms with Gasteiger partial charge in [0.15, 0.2) is 6.79 Å². The number of hydrogen-bond donors (Lipinski definition) is 0. The van der Waals surface area contributed by atoms with Crippen LogP contribution in [0.2, 0.25) is 0 Å². The van der Waals surface area contributed by atoms with E-state index < -0.39 is 0 Å². The molecular formula is C19H30O5. The largest absolute Gasteiger partial charge is 0.462 e. The van der Waals surface area contributed by atoms with Gasteiger partial charge in [-0.25, -0.2) is 0 Å². The van der Waals surface area contributed by atoms with Crippen molar-refractivity contribution in [2.24, 2.45) is 23.7 Å². The van der Waals surface area contributed by atoms with Crippen molar-refractivity contribution in [3.8, 4) is 0 Å². The van der Waals surface area contributed by atoms with Gasteiger partial charge in [0.25, 0.3) is 0 Å². The molecule has 4 atom stereocenters. The van der Waals surface area contributed by atoms with Gasteiger partial charge < -0.3 is 14.2 Å². The zero-order valence-corrected chi connectivity index (χ0v) is 14.9. The lowest BCUT2D eigenvalue weighted by Crippen LogP contribution is -2.35. The van der Waals surface area contributed by atoms with E-state index >= 15 is 0 Å². The van der Waals surface area contributed by atoms with Gasteiger partial charge in [-0.3, -0.25) is 9.59 Å². The molecule has 0 N–H and O–H groups in total. The van der Waals surface area contributed by atoms with Crippen LogP contribution < -0.4 is 0 Å². The highest BCUT2D eigenvalue weighted by Gasteiger charge is 2.51. The predicted molar refractivity (Wildman–Crippen MR) is 88.0 cm³/mol. The molecule has 0 saturated heterocycles. The minimum atomic E-state index is -0.177. The lowest BCUT2D eigenvalue weighted by molar-refractivity contribution is -0.174. The first-order chi connectivity index (χ1) is 11.5. The Balaban J connectivity index is 1.44. The summed E-state index contributed by atoms with van der Waals surface area (Å²) in [7, 11) is 0. The van der Waals surface area contributed by atoms with Crippen LogP contribution in [-0.4, -0.2) is 30.9 Å². The molecule has 0 aromatic heterocycles. The maximum absolute atomic E-state index is 12.4. The quantitative estimate of drug-likeness (QED) is 0.548. The molecule has 2 bridgehead atoms. The van der Waals surface area contributed by atoms with Crippen molar-refractivity contribution >= 4 is 11.9 Å². The molecule has 0 amide bonds. The summed E-state index contributed by atoms with van der Waals surface area (Å²) < 4.78 is 16.7. The molecule has 0 spiro atoms. The van der Waals surface area contributed by atoms with Crippen LogP contribution in [0, 0.1) is 23.7 Å². The number of ether oxygens (including phenoxy) is 3. The summed E-state index contributed by atoms with van der Waals surface area (Å²) in [5, 5.41) is 0. The van der Waals surface area contributed by atoms with E-state index in [1.54, 1.807) is 0 Å². The Morgan fingerprint density at radius 3 is 2.46 bits per heavy atom. The lowest BCUT2D eigenvalue weighted by Gasteiger charge is -2.28.